The van der Waals surface area contributed by atoms with Crippen molar-refractivity contribution in [3.63, 3.8) is 0 Å². The molecule has 0 saturated carbocycles. The number of benzene rings is 1. The molecular formula is C11H15F3N2O2. The number of halogens is 3. The van der Waals surface area contributed by atoms with Crippen LogP contribution in [0.2, 0.25) is 0 Å². The van der Waals surface area contributed by atoms with Crippen molar-refractivity contribution in [2.24, 2.45) is 5.73 Å². The first-order valence-electron chi connectivity index (χ1n) is 5.25. The summed E-state index contributed by atoms with van der Waals surface area (Å²) in [4.78, 5) is 0. The first-order chi connectivity index (χ1) is 8.28. The monoisotopic (exact) mass is 264 g/mol. The molecule has 0 aromatic heterocycles. The maximum absolute atomic E-state index is 12.0. The fourth-order valence-electron chi connectivity index (χ4n) is 1.27. The highest BCUT2D eigenvalue weighted by atomic mass is 19.4. The molecule has 0 saturated heterocycles. The van der Waals surface area contributed by atoms with Crippen LogP contribution in [0, 0.1) is 0 Å². The summed E-state index contributed by atoms with van der Waals surface area (Å²) >= 11 is 0. The van der Waals surface area contributed by atoms with E-state index < -0.39 is 12.1 Å². The number of nitrogens with two attached hydrogens (primary N) is 2. The number of hydrogen-bond donors (Lipinski definition) is 2. The Kier molecular flexibility index (Phi) is 4.80. The molecule has 0 amide bonds. The van der Waals surface area contributed by atoms with Gasteiger partial charge in [-0.15, -0.1) is 13.2 Å². The Bertz CT molecular complexity index is 394. The lowest BCUT2D eigenvalue weighted by atomic mass is 10.2. The van der Waals surface area contributed by atoms with Crippen LogP contribution in [-0.2, 0) is 11.3 Å². The zero-order chi connectivity index (χ0) is 13.8. The van der Waals surface area contributed by atoms with Crippen molar-refractivity contribution < 1.29 is 22.6 Å². The van der Waals surface area contributed by atoms with Crippen molar-refractivity contribution in [1.82, 2.24) is 0 Å². The second-order valence-electron chi connectivity index (χ2n) is 3.91. The second-order valence-corrected chi connectivity index (χ2v) is 3.91. The van der Waals surface area contributed by atoms with Crippen molar-refractivity contribution in [2.75, 3.05) is 12.3 Å². The quantitative estimate of drug-likeness (QED) is 0.798. The normalized spacial score (nSPS) is 13.4. The highest BCUT2D eigenvalue weighted by Gasteiger charge is 2.31. The van der Waals surface area contributed by atoms with Crippen LogP contribution >= 0.6 is 0 Å². The van der Waals surface area contributed by atoms with Crippen LogP contribution in [0.3, 0.4) is 0 Å². The van der Waals surface area contributed by atoms with Crippen LogP contribution in [0.25, 0.3) is 0 Å². The van der Waals surface area contributed by atoms with Crippen LogP contribution in [0.1, 0.15) is 12.5 Å². The summed E-state index contributed by atoms with van der Waals surface area (Å²) in [6.45, 7) is 2.38. The van der Waals surface area contributed by atoms with Gasteiger partial charge < -0.3 is 20.9 Å². The number of ether oxygens (including phenoxy) is 2. The van der Waals surface area contributed by atoms with E-state index in [9.17, 15) is 13.2 Å². The maximum Gasteiger partial charge on any atom is 0.573 e. The fraction of sp³-hybridized carbons (Fsp3) is 0.455. The highest BCUT2D eigenvalue weighted by molar-refractivity contribution is 5.54. The number of hydrogen-bond acceptors (Lipinski definition) is 4. The molecular weight excluding hydrogens is 249 g/mol. The van der Waals surface area contributed by atoms with Gasteiger partial charge in [-0.1, -0.05) is 6.07 Å². The lowest BCUT2D eigenvalue weighted by Crippen LogP contribution is -2.21. The van der Waals surface area contributed by atoms with E-state index in [4.69, 9.17) is 16.2 Å². The third-order valence-corrected chi connectivity index (χ3v) is 1.95. The molecule has 0 heterocycles. The molecule has 7 heteroatoms. The number of alkyl halides is 3. The molecule has 0 fully saturated rings. The third kappa shape index (κ3) is 5.24. The molecule has 0 bridgehead atoms. The van der Waals surface area contributed by atoms with Gasteiger partial charge >= 0.3 is 6.36 Å². The van der Waals surface area contributed by atoms with Gasteiger partial charge in [0.1, 0.15) is 0 Å². The van der Waals surface area contributed by atoms with Crippen molar-refractivity contribution >= 4 is 5.69 Å². The van der Waals surface area contributed by atoms with Gasteiger partial charge in [-0.05, 0) is 24.6 Å². The zero-order valence-corrected chi connectivity index (χ0v) is 9.83. The molecule has 0 unspecified atom stereocenters. The van der Waals surface area contributed by atoms with Crippen LogP contribution in [-0.4, -0.2) is 19.0 Å². The van der Waals surface area contributed by atoms with E-state index in [0.717, 1.165) is 6.07 Å². The Balaban J connectivity index is 2.62. The van der Waals surface area contributed by atoms with E-state index in [-0.39, 0.29) is 18.3 Å². The maximum atomic E-state index is 12.0. The molecule has 0 spiro atoms. The van der Waals surface area contributed by atoms with E-state index in [1.165, 1.54) is 12.1 Å². The number of anilines is 1. The Morgan fingerprint density at radius 2 is 2.00 bits per heavy atom. The summed E-state index contributed by atoms with van der Waals surface area (Å²) in [5.41, 5.74) is 11.5. The Morgan fingerprint density at radius 3 is 2.50 bits per heavy atom. The topological polar surface area (TPSA) is 70.5 Å². The second kappa shape index (κ2) is 5.92. The smallest absolute Gasteiger partial charge is 0.404 e. The zero-order valence-electron chi connectivity index (χ0n) is 9.83. The molecule has 4 nitrogen and oxygen atoms in total. The molecule has 1 aromatic carbocycles. The van der Waals surface area contributed by atoms with E-state index in [1.807, 2.05) is 0 Å². The van der Waals surface area contributed by atoms with Crippen LogP contribution in [0.4, 0.5) is 18.9 Å². The van der Waals surface area contributed by atoms with Gasteiger partial charge in [-0.3, -0.25) is 0 Å². The minimum absolute atomic E-state index is 0.0887. The van der Waals surface area contributed by atoms with Gasteiger partial charge in [0.05, 0.1) is 18.9 Å². The summed E-state index contributed by atoms with van der Waals surface area (Å²) in [5, 5.41) is 0. The molecule has 1 aromatic rings. The minimum Gasteiger partial charge on any atom is -0.404 e. The standard InChI is InChI=1S/C11H15F3N2O2/c1-7(15)5-17-6-8-2-3-10(9(16)4-8)18-11(12,13)14/h2-4,7H,5-6,15-16H2,1H3/t7-/m1/s1. The molecule has 0 aliphatic carbocycles. The van der Waals surface area contributed by atoms with Crippen LogP contribution in [0.5, 0.6) is 5.75 Å². The van der Waals surface area contributed by atoms with Gasteiger partial charge in [0.2, 0.25) is 0 Å². The molecule has 4 N–H and O–H groups in total. The summed E-state index contributed by atoms with van der Waals surface area (Å²) in [6, 6.07) is 3.89. The average molecular weight is 264 g/mol. The Morgan fingerprint density at radius 1 is 1.33 bits per heavy atom. The molecule has 0 aliphatic rings. The third-order valence-electron chi connectivity index (χ3n) is 1.95. The molecule has 0 radical (unpaired) electrons. The van der Waals surface area contributed by atoms with Gasteiger partial charge in [0, 0.05) is 6.04 Å². The number of nitrogen functional groups attached to an aromatic ring is 1. The minimum atomic E-state index is -4.75. The predicted octanol–water partition coefficient (Wildman–Crippen LogP) is 2.03. The first kappa shape index (κ1) is 14.6. The first-order valence-corrected chi connectivity index (χ1v) is 5.25. The highest BCUT2D eigenvalue weighted by Crippen LogP contribution is 2.29. The Labute approximate surface area is 103 Å². The summed E-state index contributed by atoms with van der Waals surface area (Å²) in [5.74, 6) is -0.418. The van der Waals surface area contributed by atoms with Crippen molar-refractivity contribution in [2.45, 2.75) is 25.9 Å². The molecule has 102 valence electrons. The van der Waals surface area contributed by atoms with E-state index in [2.05, 4.69) is 4.74 Å². The average Bonchev–Trinajstić information content (AvgIpc) is 2.19. The summed E-state index contributed by atoms with van der Waals surface area (Å²) < 4.78 is 45.0. The van der Waals surface area contributed by atoms with E-state index >= 15 is 0 Å². The molecule has 1 rings (SSSR count). The number of rotatable bonds is 5. The molecule has 1 atom stereocenters. The lowest BCUT2D eigenvalue weighted by Gasteiger charge is -2.12. The van der Waals surface area contributed by atoms with Gasteiger partial charge in [-0.2, -0.15) is 0 Å². The summed E-state index contributed by atoms with van der Waals surface area (Å²) in [6.07, 6.45) is -4.75. The summed E-state index contributed by atoms with van der Waals surface area (Å²) in [7, 11) is 0. The van der Waals surface area contributed by atoms with E-state index in [1.54, 1.807) is 6.92 Å². The SMILES string of the molecule is C[C@@H](N)COCc1ccc(OC(F)(F)F)c(N)c1. The molecule has 18 heavy (non-hydrogen) atoms. The van der Waals surface area contributed by atoms with Crippen molar-refractivity contribution in [1.29, 1.82) is 0 Å². The van der Waals surface area contributed by atoms with Gasteiger partial charge in [0.25, 0.3) is 0 Å². The Hall–Kier alpha value is -1.47. The van der Waals surface area contributed by atoms with Crippen LogP contribution < -0.4 is 16.2 Å². The largest absolute Gasteiger partial charge is 0.573 e. The van der Waals surface area contributed by atoms with Crippen molar-refractivity contribution in [3.05, 3.63) is 23.8 Å². The van der Waals surface area contributed by atoms with E-state index in [0.29, 0.717) is 12.2 Å². The lowest BCUT2D eigenvalue weighted by molar-refractivity contribution is -0.274. The van der Waals surface area contributed by atoms with Gasteiger partial charge in [0.15, 0.2) is 5.75 Å². The van der Waals surface area contributed by atoms with Crippen LogP contribution in [0.15, 0.2) is 18.2 Å². The fourth-order valence-corrected chi connectivity index (χ4v) is 1.27. The van der Waals surface area contributed by atoms with Gasteiger partial charge in [-0.25, -0.2) is 0 Å². The van der Waals surface area contributed by atoms with Crippen molar-refractivity contribution in [3.8, 4) is 5.75 Å². The predicted molar refractivity (Wildman–Crippen MR) is 60.8 cm³/mol. The molecule has 0 aliphatic heterocycles.